The summed E-state index contributed by atoms with van der Waals surface area (Å²) < 4.78 is 13.8. The summed E-state index contributed by atoms with van der Waals surface area (Å²) in [6.45, 7) is 5.86. The molecule has 2 heteroatoms. The lowest BCUT2D eigenvalue weighted by atomic mass is 9.99. The van der Waals surface area contributed by atoms with Gasteiger partial charge >= 0.3 is 0 Å². The number of anilines is 1. The monoisotopic (exact) mass is 359 g/mol. The summed E-state index contributed by atoms with van der Waals surface area (Å²) in [5.74, 6) is -0.142. The van der Waals surface area contributed by atoms with E-state index in [2.05, 4.69) is 60.4 Å². The van der Waals surface area contributed by atoms with Gasteiger partial charge in [-0.1, -0.05) is 54.1 Å². The zero-order valence-electron chi connectivity index (χ0n) is 16.1. The summed E-state index contributed by atoms with van der Waals surface area (Å²) in [5.41, 5.74) is 8.90. The third-order valence-electron chi connectivity index (χ3n) is 5.45. The summed E-state index contributed by atoms with van der Waals surface area (Å²) in [6, 6.07) is 20.8. The maximum Gasteiger partial charge on any atom is 0.123 e. The van der Waals surface area contributed by atoms with E-state index in [1.807, 2.05) is 6.92 Å². The van der Waals surface area contributed by atoms with E-state index >= 15 is 0 Å². The fourth-order valence-corrected chi connectivity index (χ4v) is 4.14. The molecule has 0 fully saturated rings. The number of hydrogen-bond donors (Lipinski definition) is 0. The zero-order valence-corrected chi connectivity index (χ0v) is 16.1. The van der Waals surface area contributed by atoms with E-state index < -0.39 is 0 Å². The van der Waals surface area contributed by atoms with Crippen LogP contribution in [-0.4, -0.2) is 6.54 Å². The first-order chi connectivity index (χ1) is 13.1. The van der Waals surface area contributed by atoms with Gasteiger partial charge in [-0.15, -0.1) is 0 Å². The van der Waals surface area contributed by atoms with Crippen LogP contribution in [0.3, 0.4) is 0 Å². The van der Waals surface area contributed by atoms with Crippen molar-refractivity contribution in [2.75, 3.05) is 11.4 Å². The third kappa shape index (κ3) is 4.05. The molecule has 3 aromatic carbocycles. The van der Waals surface area contributed by atoms with E-state index in [4.69, 9.17) is 0 Å². The molecular formula is C25H26FN. The molecule has 0 N–H and O–H groups in total. The van der Waals surface area contributed by atoms with Gasteiger partial charge in [-0.3, -0.25) is 0 Å². The normalized spacial score (nSPS) is 13.1. The van der Waals surface area contributed by atoms with Crippen LogP contribution in [0.2, 0.25) is 0 Å². The molecule has 27 heavy (non-hydrogen) atoms. The highest BCUT2D eigenvalue weighted by atomic mass is 19.1. The lowest BCUT2D eigenvalue weighted by Gasteiger charge is -2.23. The molecule has 0 aromatic heterocycles. The van der Waals surface area contributed by atoms with Crippen LogP contribution in [0.1, 0.15) is 33.4 Å². The standard InChI is InChI=1S/C25H26FN/c1-18-6-8-20(9-7-18)10-11-22-4-3-5-23-12-13-27(25(22)23)17-21-14-19(2)15-24(26)16-21/h3-9,14-16H,10-13,17H2,1-2H3. The van der Waals surface area contributed by atoms with E-state index in [0.717, 1.165) is 43.5 Å². The first-order valence-corrected chi connectivity index (χ1v) is 9.76. The van der Waals surface area contributed by atoms with E-state index in [-0.39, 0.29) is 5.82 Å². The average Bonchev–Trinajstić information content (AvgIpc) is 3.04. The number of aryl methyl sites for hydroxylation is 4. The van der Waals surface area contributed by atoms with Gasteiger partial charge in [0.25, 0.3) is 0 Å². The van der Waals surface area contributed by atoms with Gasteiger partial charge in [0.1, 0.15) is 5.82 Å². The lowest BCUT2D eigenvalue weighted by Crippen LogP contribution is -2.21. The van der Waals surface area contributed by atoms with Crippen molar-refractivity contribution in [3.05, 3.63) is 99.9 Å². The zero-order chi connectivity index (χ0) is 18.8. The molecule has 0 bridgehead atoms. The Labute approximate surface area is 161 Å². The molecule has 0 unspecified atom stereocenters. The predicted molar refractivity (Wildman–Crippen MR) is 111 cm³/mol. The molecule has 4 rings (SSSR count). The highest BCUT2D eigenvalue weighted by Gasteiger charge is 2.22. The molecule has 1 aliphatic heterocycles. The highest BCUT2D eigenvalue weighted by Crippen LogP contribution is 2.34. The van der Waals surface area contributed by atoms with Crippen LogP contribution in [0, 0.1) is 19.7 Å². The quantitative estimate of drug-likeness (QED) is 0.557. The number of para-hydroxylation sites is 1. The van der Waals surface area contributed by atoms with Gasteiger partial charge in [-0.05, 0) is 73.1 Å². The molecule has 0 aliphatic carbocycles. The molecule has 0 saturated carbocycles. The molecule has 1 aliphatic rings. The fraction of sp³-hybridized carbons (Fsp3) is 0.280. The van der Waals surface area contributed by atoms with Gasteiger partial charge in [0.15, 0.2) is 0 Å². The van der Waals surface area contributed by atoms with Gasteiger partial charge in [-0.25, -0.2) is 4.39 Å². The minimum Gasteiger partial charge on any atom is -0.366 e. The van der Waals surface area contributed by atoms with Crippen LogP contribution in [0.15, 0.2) is 60.7 Å². The molecular weight excluding hydrogens is 333 g/mol. The number of halogens is 1. The van der Waals surface area contributed by atoms with E-state index in [1.54, 1.807) is 12.1 Å². The van der Waals surface area contributed by atoms with Crippen LogP contribution < -0.4 is 4.90 Å². The van der Waals surface area contributed by atoms with Crippen LogP contribution in [0.25, 0.3) is 0 Å². The third-order valence-corrected chi connectivity index (χ3v) is 5.45. The van der Waals surface area contributed by atoms with Crippen molar-refractivity contribution in [2.24, 2.45) is 0 Å². The highest BCUT2D eigenvalue weighted by molar-refractivity contribution is 5.63. The minimum absolute atomic E-state index is 0.142. The van der Waals surface area contributed by atoms with Crippen molar-refractivity contribution in [1.29, 1.82) is 0 Å². The topological polar surface area (TPSA) is 3.24 Å². The van der Waals surface area contributed by atoms with Crippen LogP contribution in [0.5, 0.6) is 0 Å². The number of nitrogens with zero attached hydrogens (tertiary/aromatic N) is 1. The van der Waals surface area contributed by atoms with Gasteiger partial charge in [0.2, 0.25) is 0 Å². The van der Waals surface area contributed by atoms with Gasteiger partial charge in [-0.2, -0.15) is 0 Å². The van der Waals surface area contributed by atoms with Gasteiger partial charge < -0.3 is 4.90 Å². The summed E-state index contributed by atoms with van der Waals surface area (Å²) in [7, 11) is 0. The Hall–Kier alpha value is -2.61. The molecule has 0 radical (unpaired) electrons. The molecule has 0 atom stereocenters. The number of rotatable bonds is 5. The number of hydrogen-bond acceptors (Lipinski definition) is 1. The second-order valence-corrected chi connectivity index (χ2v) is 7.72. The van der Waals surface area contributed by atoms with E-state index in [9.17, 15) is 4.39 Å². The van der Waals surface area contributed by atoms with E-state index in [1.165, 1.54) is 27.9 Å². The summed E-state index contributed by atoms with van der Waals surface area (Å²) in [6.07, 6.45) is 3.15. The first-order valence-electron chi connectivity index (χ1n) is 9.76. The average molecular weight is 359 g/mol. The van der Waals surface area contributed by atoms with Crippen molar-refractivity contribution < 1.29 is 4.39 Å². The van der Waals surface area contributed by atoms with Gasteiger partial charge in [0.05, 0.1) is 0 Å². The second kappa shape index (κ2) is 7.56. The molecule has 0 amide bonds. The smallest absolute Gasteiger partial charge is 0.123 e. The SMILES string of the molecule is Cc1ccc(CCc2cccc3c2N(Cc2cc(C)cc(F)c2)CC3)cc1. The molecule has 0 saturated heterocycles. The Kier molecular flexibility index (Phi) is 4.98. The van der Waals surface area contributed by atoms with Crippen LogP contribution in [0.4, 0.5) is 10.1 Å². The van der Waals surface area contributed by atoms with Crippen LogP contribution >= 0.6 is 0 Å². The molecule has 0 spiro atoms. The van der Waals surface area contributed by atoms with Crippen molar-refractivity contribution in [1.82, 2.24) is 0 Å². The van der Waals surface area contributed by atoms with Gasteiger partial charge in [0, 0.05) is 18.8 Å². The van der Waals surface area contributed by atoms with E-state index in [0.29, 0.717) is 0 Å². The van der Waals surface area contributed by atoms with Crippen molar-refractivity contribution >= 4 is 5.69 Å². The Balaban J connectivity index is 1.55. The number of benzene rings is 3. The maximum atomic E-state index is 13.8. The summed E-state index contributed by atoms with van der Waals surface area (Å²) in [4.78, 5) is 2.42. The Morgan fingerprint density at radius 2 is 1.67 bits per heavy atom. The second-order valence-electron chi connectivity index (χ2n) is 7.72. The summed E-state index contributed by atoms with van der Waals surface area (Å²) >= 11 is 0. The first kappa shape index (κ1) is 17.8. The van der Waals surface area contributed by atoms with Crippen molar-refractivity contribution in [2.45, 2.75) is 39.7 Å². The Morgan fingerprint density at radius 3 is 2.44 bits per heavy atom. The maximum absolute atomic E-state index is 13.8. The van der Waals surface area contributed by atoms with Crippen molar-refractivity contribution in [3.63, 3.8) is 0 Å². The van der Waals surface area contributed by atoms with Crippen molar-refractivity contribution in [3.8, 4) is 0 Å². The molecule has 3 aromatic rings. The minimum atomic E-state index is -0.142. The predicted octanol–water partition coefficient (Wildman–Crippen LogP) is 5.79. The Bertz CT molecular complexity index is 923. The molecule has 1 nitrogen and oxygen atoms in total. The molecule has 138 valence electrons. The number of fused-ring (bicyclic) bond motifs is 1. The lowest BCUT2D eigenvalue weighted by molar-refractivity contribution is 0.623. The fourth-order valence-electron chi connectivity index (χ4n) is 4.14. The Morgan fingerprint density at radius 1 is 0.852 bits per heavy atom. The molecule has 1 heterocycles. The largest absolute Gasteiger partial charge is 0.366 e. The van der Waals surface area contributed by atoms with Crippen LogP contribution in [-0.2, 0) is 25.8 Å². The summed E-state index contributed by atoms with van der Waals surface area (Å²) in [5, 5.41) is 0.